The molecule has 4 aliphatic heterocycles. The minimum Gasteiger partial charge on any atom is -0.492 e. The van der Waals surface area contributed by atoms with Crippen LogP contribution in [0.2, 0.25) is 0 Å². The second-order valence-electron chi connectivity index (χ2n) is 23.6. The Balaban J connectivity index is 1.18. The molecular formula is C73H82N8O6Si. The first-order chi connectivity index (χ1) is 43.4. The largest absolute Gasteiger partial charge is 0.597 e. The zero-order valence-electron chi connectivity index (χ0n) is 52.0. The van der Waals surface area contributed by atoms with E-state index < -0.39 is 21.2 Å². The van der Waals surface area contributed by atoms with E-state index in [-0.39, 0.29) is 0 Å². The van der Waals surface area contributed by atoms with Gasteiger partial charge in [-0.05, 0) is 96.6 Å². The molecule has 2 unspecified atom stereocenters. The SMILES string of the molecule is C=NC1=NC(Nc2c3c(OCCCC)c4ccccc4cc3c3n2[Si](OCCCC)(OCCCC)N2Cc4cc5ccccc5c(OCCCC)c4C2=NC2N=C(N3)c3c2cc2ccccc2c3OCCCC)c2cc3ccccc3c(OCCCC)c21. The Morgan fingerprint density at radius 3 is 1.53 bits per heavy atom. The highest BCUT2D eigenvalue weighted by Crippen LogP contribution is 2.53. The third-order valence-corrected chi connectivity index (χ3v) is 20.7. The van der Waals surface area contributed by atoms with Crippen molar-refractivity contribution in [2.45, 2.75) is 137 Å². The van der Waals surface area contributed by atoms with E-state index in [4.69, 9.17) is 47.8 Å². The van der Waals surface area contributed by atoms with Crippen molar-refractivity contribution in [2.75, 3.05) is 50.3 Å². The van der Waals surface area contributed by atoms with Crippen LogP contribution in [-0.2, 0) is 15.4 Å². The number of aliphatic imine (C=N–C) groups is 4. The molecule has 2 bridgehead atoms. The third kappa shape index (κ3) is 10.4. The van der Waals surface area contributed by atoms with Gasteiger partial charge in [0, 0.05) is 57.8 Å². The summed E-state index contributed by atoms with van der Waals surface area (Å²) in [6, 6.07) is 43.2. The number of aromatic nitrogens is 1. The predicted octanol–water partition coefficient (Wildman–Crippen LogP) is 17.6. The molecule has 15 heteroatoms. The van der Waals surface area contributed by atoms with Gasteiger partial charge in [-0.25, -0.2) is 20.0 Å². The van der Waals surface area contributed by atoms with Crippen molar-refractivity contribution in [1.82, 2.24) is 8.80 Å². The Morgan fingerprint density at radius 1 is 0.523 bits per heavy atom. The topological polar surface area (TPSA) is 137 Å². The van der Waals surface area contributed by atoms with Crippen LogP contribution in [0.5, 0.6) is 23.0 Å². The lowest BCUT2D eigenvalue weighted by molar-refractivity contribution is 0.118. The molecule has 0 amide bonds. The summed E-state index contributed by atoms with van der Waals surface area (Å²) >= 11 is 0. The zero-order chi connectivity index (χ0) is 60.3. The van der Waals surface area contributed by atoms with Gasteiger partial charge in [0.15, 0.2) is 12.0 Å². The number of amidine groups is 3. The van der Waals surface area contributed by atoms with Gasteiger partial charge in [-0.3, -0.25) is 4.23 Å². The maximum Gasteiger partial charge on any atom is 0.597 e. The van der Waals surface area contributed by atoms with Crippen molar-refractivity contribution in [3.05, 3.63) is 155 Å². The molecule has 14 nitrogen and oxygen atoms in total. The van der Waals surface area contributed by atoms with E-state index in [1.807, 2.05) is 0 Å². The number of rotatable bonds is 26. The molecule has 5 heterocycles. The van der Waals surface area contributed by atoms with Crippen LogP contribution in [-0.4, -0.2) is 81.5 Å². The standard InChI is InChI=1S/C73H82N8O6Si/c1-8-14-36-82-63-52-32-24-20-28-47(52)42-51-46-80-72(59(51)63)77-68-57-44-49-30-22-26-34-54(49)65(84-38-16-10-3)61(57)70(76-68)79-71-58-45-50-31-23-27-35-55(50)66(85-39-17-11-4)62(58)73(81(71)88(80,86-40-18-12-5)87-41-19-13-6)78-67-56-43-48-29-21-25-33-53(48)64(83-37-15-9-2)60(56)69(74-7)75-67/h20-35,42-45,67-68,78H,7-19,36-41,46H2,1-6H3,(H,76,79). The highest BCUT2D eigenvalue weighted by molar-refractivity contribution is 6.68. The molecule has 9 aromatic rings. The Hall–Kier alpha value is -8.24. The third-order valence-electron chi connectivity index (χ3n) is 17.5. The summed E-state index contributed by atoms with van der Waals surface area (Å²) in [5, 5.41) is 18.3. The number of benzene rings is 8. The molecule has 88 heavy (non-hydrogen) atoms. The monoisotopic (exact) mass is 1190 g/mol. The number of hydrogen-bond donors (Lipinski definition) is 2. The Labute approximate surface area is 518 Å². The minimum atomic E-state index is -4.34. The van der Waals surface area contributed by atoms with Crippen molar-refractivity contribution >= 4 is 98.6 Å². The number of unbranched alkanes of at least 4 members (excludes halogenated alkanes) is 6. The molecule has 1 aromatic heterocycles. The number of hydrogen-bond acceptors (Lipinski definition) is 13. The average molecular weight is 1200 g/mol. The molecule has 13 rings (SSSR count). The maximum atomic E-state index is 8.05. The molecule has 0 aliphatic carbocycles. The van der Waals surface area contributed by atoms with Crippen LogP contribution in [0, 0.1) is 0 Å². The van der Waals surface area contributed by atoms with Gasteiger partial charge in [0.2, 0.25) is 0 Å². The number of nitrogens with zero attached hydrogens (tertiary/aromatic N) is 6. The van der Waals surface area contributed by atoms with E-state index in [2.05, 4.69) is 189 Å². The van der Waals surface area contributed by atoms with Gasteiger partial charge in [0.05, 0.1) is 48.5 Å². The van der Waals surface area contributed by atoms with Gasteiger partial charge in [0.25, 0.3) is 0 Å². The fourth-order valence-corrected chi connectivity index (χ4v) is 16.4. The van der Waals surface area contributed by atoms with E-state index in [9.17, 15) is 0 Å². The Kier molecular flexibility index (Phi) is 17.3. The number of nitrogens with one attached hydrogen (secondary N) is 2. The van der Waals surface area contributed by atoms with Crippen molar-refractivity contribution in [3.8, 4) is 23.0 Å². The highest BCUT2D eigenvalue weighted by atomic mass is 28.4. The minimum absolute atomic E-state index is 0.400. The summed E-state index contributed by atoms with van der Waals surface area (Å²) in [5.41, 5.74) is 5.53. The second-order valence-corrected chi connectivity index (χ2v) is 26.2. The molecule has 0 fully saturated rings. The fraction of sp³-hybridized carbons (Fsp3) is 0.370. The van der Waals surface area contributed by atoms with Crippen molar-refractivity contribution < 1.29 is 27.8 Å². The van der Waals surface area contributed by atoms with Crippen molar-refractivity contribution in [3.63, 3.8) is 0 Å². The molecule has 2 atom stereocenters. The molecule has 454 valence electrons. The smallest absolute Gasteiger partial charge is 0.492 e. The second kappa shape index (κ2) is 25.8. The lowest BCUT2D eigenvalue weighted by Gasteiger charge is -2.41. The summed E-state index contributed by atoms with van der Waals surface area (Å²) in [7, 11) is -4.34. The van der Waals surface area contributed by atoms with Crippen LogP contribution in [0.25, 0.3) is 53.9 Å². The van der Waals surface area contributed by atoms with Crippen molar-refractivity contribution in [1.29, 1.82) is 0 Å². The van der Waals surface area contributed by atoms with Gasteiger partial charge in [-0.2, -0.15) is 0 Å². The van der Waals surface area contributed by atoms with Crippen molar-refractivity contribution in [2.24, 2.45) is 20.0 Å². The lowest BCUT2D eigenvalue weighted by atomic mass is 9.98. The Bertz CT molecular complexity index is 4200. The number of anilines is 2. The first kappa shape index (κ1) is 58.8. The van der Waals surface area contributed by atoms with Gasteiger partial charge in [-0.1, -0.05) is 177 Å². The lowest BCUT2D eigenvalue weighted by Crippen LogP contribution is -2.65. The van der Waals surface area contributed by atoms with Gasteiger partial charge >= 0.3 is 8.88 Å². The van der Waals surface area contributed by atoms with E-state index >= 15 is 0 Å². The molecule has 0 saturated heterocycles. The van der Waals surface area contributed by atoms with Crippen LogP contribution in [0.1, 0.15) is 164 Å². The summed E-state index contributed by atoms with van der Waals surface area (Å²) < 4.78 is 49.3. The summed E-state index contributed by atoms with van der Waals surface area (Å²) in [6.45, 7) is 20.7. The number of fused-ring (bicyclic) bond motifs is 15. The summed E-state index contributed by atoms with van der Waals surface area (Å²) in [6.07, 6.45) is 9.38. The average Bonchev–Trinajstić information content (AvgIpc) is 1.58. The first-order valence-electron chi connectivity index (χ1n) is 32.5. The summed E-state index contributed by atoms with van der Waals surface area (Å²) in [4.78, 5) is 22.1. The van der Waals surface area contributed by atoms with Crippen LogP contribution >= 0.6 is 0 Å². The Morgan fingerprint density at radius 2 is 0.989 bits per heavy atom. The number of ether oxygens (including phenoxy) is 4. The normalized spacial score (nSPS) is 16.2. The molecule has 0 spiro atoms. The first-order valence-corrected chi connectivity index (χ1v) is 34.2. The van der Waals surface area contributed by atoms with Gasteiger partial charge < -0.3 is 43.0 Å². The van der Waals surface area contributed by atoms with Crippen LogP contribution in [0.4, 0.5) is 11.6 Å². The summed E-state index contributed by atoms with van der Waals surface area (Å²) in [5.74, 6) is 6.35. The van der Waals surface area contributed by atoms with Crippen LogP contribution in [0.3, 0.4) is 0 Å². The van der Waals surface area contributed by atoms with E-state index in [1.165, 1.54) is 0 Å². The molecule has 0 radical (unpaired) electrons. The predicted molar refractivity (Wildman–Crippen MR) is 363 cm³/mol. The molecule has 4 aliphatic rings. The van der Waals surface area contributed by atoms with E-state index in [0.717, 1.165) is 193 Å². The highest BCUT2D eigenvalue weighted by Gasteiger charge is 2.58. The van der Waals surface area contributed by atoms with Gasteiger partial charge in [0.1, 0.15) is 52.5 Å². The molecule has 0 saturated carbocycles. The fourth-order valence-electron chi connectivity index (χ4n) is 13.0. The van der Waals surface area contributed by atoms with E-state index in [1.54, 1.807) is 0 Å². The quantitative estimate of drug-likeness (QED) is 0.0308. The van der Waals surface area contributed by atoms with Crippen LogP contribution in [0.15, 0.2) is 141 Å². The van der Waals surface area contributed by atoms with E-state index in [0.29, 0.717) is 69.5 Å². The van der Waals surface area contributed by atoms with Crippen LogP contribution < -0.4 is 29.6 Å². The molecular weight excluding hydrogens is 1110 g/mol. The maximum absolute atomic E-state index is 8.05. The molecule has 8 aromatic carbocycles. The zero-order valence-corrected chi connectivity index (χ0v) is 53.0. The van der Waals surface area contributed by atoms with Gasteiger partial charge in [-0.15, -0.1) is 0 Å². The molecule has 2 N–H and O–H groups in total.